The summed E-state index contributed by atoms with van der Waals surface area (Å²) in [6, 6.07) is 5.04. The molecule has 0 fully saturated rings. The molecular weight excluding hydrogens is 180 g/mol. The summed E-state index contributed by atoms with van der Waals surface area (Å²) in [5.74, 6) is 1.80. The van der Waals surface area contributed by atoms with Gasteiger partial charge in [-0.25, -0.2) is 0 Å². The fraction of sp³-hybridized carbons (Fsp3) is 0.400. The fourth-order valence-electron chi connectivity index (χ4n) is 1.51. The number of furan rings is 1. The molecule has 0 radical (unpaired) electrons. The average Bonchev–Trinajstić information content (AvgIpc) is 2.53. The summed E-state index contributed by atoms with van der Waals surface area (Å²) < 4.78 is 11.2. The van der Waals surface area contributed by atoms with E-state index in [1.165, 1.54) is 6.04 Å². The highest BCUT2D eigenvalue weighted by Gasteiger charge is 2.28. The van der Waals surface area contributed by atoms with Crippen molar-refractivity contribution < 1.29 is 8.84 Å². The van der Waals surface area contributed by atoms with E-state index in [1.54, 1.807) is 6.26 Å². The van der Waals surface area contributed by atoms with Crippen LogP contribution in [0, 0.1) is 0 Å². The zero-order valence-corrected chi connectivity index (χ0v) is 9.04. The minimum absolute atomic E-state index is 0.861. The van der Waals surface area contributed by atoms with Crippen LogP contribution in [0.3, 0.4) is 0 Å². The van der Waals surface area contributed by atoms with Crippen LogP contribution in [0.5, 0.6) is 0 Å². The Morgan fingerprint density at radius 2 is 2.23 bits per heavy atom. The normalized spacial score (nSPS) is 20.6. The Morgan fingerprint density at radius 3 is 2.85 bits per heavy atom. The van der Waals surface area contributed by atoms with Gasteiger partial charge in [-0.05, 0) is 43.8 Å². The van der Waals surface area contributed by atoms with Gasteiger partial charge in [0.1, 0.15) is 5.76 Å². The van der Waals surface area contributed by atoms with Crippen molar-refractivity contribution in [2.24, 2.45) is 0 Å². The molecule has 3 heteroatoms. The molecule has 0 unspecified atom stereocenters. The maximum atomic E-state index is 5.92. The maximum absolute atomic E-state index is 5.92. The predicted molar refractivity (Wildman–Crippen MR) is 54.7 cm³/mol. The molecular formula is C10H14O2Si. The molecule has 2 rings (SSSR count). The maximum Gasteiger partial charge on any atom is 0.245 e. The van der Waals surface area contributed by atoms with Gasteiger partial charge < -0.3 is 8.84 Å². The second-order valence-electron chi connectivity index (χ2n) is 3.95. The minimum Gasteiger partial charge on any atom is -0.542 e. The molecule has 0 bridgehead atoms. The van der Waals surface area contributed by atoms with Crippen LogP contribution in [-0.2, 0) is 4.43 Å². The highest BCUT2D eigenvalue weighted by molar-refractivity contribution is 6.72. The quantitative estimate of drug-likeness (QED) is 0.640. The summed E-state index contributed by atoms with van der Waals surface area (Å²) in [4.78, 5) is 0. The number of allylic oxidation sites excluding steroid dienone is 1. The van der Waals surface area contributed by atoms with Crippen LogP contribution >= 0.6 is 0 Å². The van der Waals surface area contributed by atoms with E-state index in [-0.39, 0.29) is 0 Å². The third kappa shape index (κ3) is 1.86. The van der Waals surface area contributed by atoms with Crippen molar-refractivity contribution >= 4 is 14.1 Å². The van der Waals surface area contributed by atoms with Crippen molar-refractivity contribution in [2.45, 2.75) is 25.6 Å². The number of rotatable bonds is 1. The summed E-state index contributed by atoms with van der Waals surface area (Å²) in [7, 11) is -1.44. The molecule has 0 spiro atoms. The van der Waals surface area contributed by atoms with Crippen molar-refractivity contribution in [3.63, 3.8) is 0 Å². The molecule has 0 saturated carbocycles. The van der Waals surface area contributed by atoms with E-state index < -0.39 is 8.32 Å². The summed E-state index contributed by atoms with van der Waals surface area (Å²) in [6.07, 6.45) is 4.93. The van der Waals surface area contributed by atoms with Gasteiger partial charge in [0.2, 0.25) is 8.32 Å². The van der Waals surface area contributed by atoms with E-state index in [2.05, 4.69) is 19.2 Å². The molecule has 1 aromatic rings. The second kappa shape index (κ2) is 3.07. The summed E-state index contributed by atoms with van der Waals surface area (Å²) >= 11 is 0. The Hall–Kier alpha value is -0.963. The Kier molecular flexibility index (Phi) is 2.04. The minimum atomic E-state index is -1.44. The molecule has 70 valence electrons. The first-order valence-corrected chi connectivity index (χ1v) is 7.72. The predicted octanol–water partition coefficient (Wildman–Crippen LogP) is 3.25. The van der Waals surface area contributed by atoms with Gasteiger partial charge in [-0.3, -0.25) is 0 Å². The van der Waals surface area contributed by atoms with Gasteiger partial charge >= 0.3 is 0 Å². The molecule has 1 aliphatic heterocycles. The van der Waals surface area contributed by atoms with Crippen LogP contribution in [0.1, 0.15) is 12.2 Å². The molecule has 2 nitrogen and oxygen atoms in total. The van der Waals surface area contributed by atoms with Gasteiger partial charge in [-0.15, -0.1) is 0 Å². The molecule has 0 amide bonds. The third-order valence-electron chi connectivity index (χ3n) is 2.23. The zero-order valence-electron chi connectivity index (χ0n) is 8.04. The lowest BCUT2D eigenvalue weighted by Gasteiger charge is -2.28. The summed E-state index contributed by atoms with van der Waals surface area (Å²) in [6.45, 7) is 4.48. The van der Waals surface area contributed by atoms with Crippen molar-refractivity contribution in [1.82, 2.24) is 0 Å². The van der Waals surface area contributed by atoms with E-state index in [4.69, 9.17) is 8.84 Å². The Labute approximate surface area is 79.3 Å². The van der Waals surface area contributed by atoms with Crippen LogP contribution in [-0.4, -0.2) is 8.32 Å². The van der Waals surface area contributed by atoms with Crippen molar-refractivity contribution in [3.8, 4) is 0 Å². The number of hydrogen-bond acceptors (Lipinski definition) is 2. The van der Waals surface area contributed by atoms with E-state index >= 15 is 0 Å². The van der Waals surface area contributed by atoms with Crippen LogP contribution in [0.2, 0.25) is 19.1 Å². The Morgan fingerprint density at radius 1 is 1.38 bits per heavy atom. The fourth-order valence-corrected chi connectivity index (χ4v) is 3.23. The van der Waals surface area contributed by atoms with Crippen LogP contribution in [0.4, 0.5) is 0 Å². The molecule has 2 heterocycles. The molecule has 0 N–H and O–H groups in total. The highest BCUT2D eigenvalue weighted by atomic mass is 28.4. The monoisotopic (exact) mass is 194 g/mol. The van der Waals surface area contributed by atoms with E-state index in [1.807, 2.05) is 12.1 Å². The average molecular weight is 194 g/mol. The molecule has 0 aliphatic carbocycles. The SMILES string of the molecule is C[Si]1(C)CCC=C(c2ccco2)O1. The second-order valence-corrected chi connectivity index (χ2v) is 8.17. The van der Waals surface area contributed by atoms with Crippen LogP contribution in [0.15, 0.2) is 28.9 Å². The van der Waals surface area contributed by atoms with E-state index in [0.717, 1.165) is 17.9 Å². The van der Waals surface area contributed by atoms with Crippen molar-refractivity contribution in [2.75, 3.05) is 0 Å². The molecule has 1 aliphatic rings. The van der Waals surface area contributed by atoms with Crippen molar-refractivity contribution in [3.05, 3.63) is 30.2 Å². The first-order chi connectivity index (χ1) is 6.17. The van der Waals surface area contributed by atoms with Crippen molar-refractivity contribution in [1.29, 1.82) is 0 Å². The molecule has 13 heavy (non-hydrogen) atoms. The molecule has 1 aromatic heterocycles. The van der Waals surface area contributed by atoms with Crippen LogP contribution < -0.4 is 0 Å². The van der Waals surface area contributed by atoms with Crippen LogP contribution in [0.25, 0.3) is 5.76 Å². The van der Waals surface area contributed by atoms with Gasteiger partial charge in [0.05, 0.1) is 6.26 Å². The van der Waals surface area contributed by atoms with Gasteiger partial charge in [0, 0.05) is 0 Å². The standard InChI is InChI=1S/C10H14O2Si/c1-13(2)8-4-6-10(12-13)9-5-3-7-11-9/h3,5-7H,4,8H2,1-2H3. The summed E-state index contributed by atoms with van der Waals surface area (Å²) in [5.41, 5.74) is 0. The number of hydrogen-bond donors (Lipinski definition) is 0. The van der Waals surface area contributed by atoms with Gasteiger partial charge in [0.25, 0.3) is 0 Å². The lowest BCUT2D eigenvalue weighted by atomic mass is 10.3. The Bertz CT molecular complexity index is 312. The first kappa shape index (κ1) is 8.63. The summed E-state index contributed by atoms with van der Waals surface area (Å²) in [5, 5.41) is 0. The molecule has 0 saturated heterocycles. The molecule has 0 atom stereocenters. The molecule has 0 aromatic carbocycles. The third-order valence-corrected chi connectivity index (χ3v) is 4.49. The topological polar surface area (TPSA) is 22.4 Å². The van der Waals surface area contributed by atoms with Gasteiger partial charge in [-0.2, -0.15) is 0 Å². The lowest BCUT2D eigenvalue weighted by Crippen LogP contribution is -2.31. The van der Waals surface area contributed by atoms with E-state index in [0.29, 0.717) is 0 Å². The van der Waals surface area contributed by atoms with Gasteiger partial charge in [-0.1, -0.05) is 0 Å². The first-order valence-electron chi connectivity index (χ1n) is 4.60. The Balaban J connectivity index is 2.22. The lowest BCUT2D eigenvalue weighted by molar-refractivity contribution is 0.449. The largest absolute Gasteiger partial charge is 0.542 e. The van der Waals surface area contributed by atoms with E-state index in [9.17, 15) is 0 Å². The highest BCUT2D eigenvalue weighted by Crippen LogP contribution is 2.30. The zero-order chi connectivity index (χ0) is 9.31. The van der Waals surface area contributed by atoms with Gasteiger partial charge in [0.15, 0.2) is 5.76 Å². The smallest absolute Gasteiger partial charge is 0.245 e.